The van der Waals surface area contributed by atoms with E-state index in [0.29, 0.717) is 23.0 Å². The Hall–Kier alpha value is -3.25. The number of nitrogens with one attached hydrogen (secondary N) is 1. The van der Waals surface area contributed by atoms with Gasteiger partial charge in [0.25, 0.3) is 5.56 Å². The normalized spacial score (nSPS) is 10.8. The highest BCUT2D eigenvalue weighted by Gasteiger charge is 2.17. The fraction of sp³-hybridized carbons (Fsp3) is 0.0526. The molecule has 0 saturated carbocycles. The van der Waals surface area contributed by atoms with E-state index in [4.69, 9.17) is 11.6 Å². The van der Waals surface area contributed by atoms with Gasteiger partial charge in [0.2, 0.25) is 0 Å². The predicted octanol–water partition coefficient (Wildman–Crippen LogP) is 3.65. The monoisotopic (exact) mass is 363 g/mol. The maximum atomic E-state index is 11.6. The maximum Gasteiger partial charge on any atom is 0.266 e. The van der Waals surface area contributed by atoms with Gasteiger partial charge in [-0.15, -0.1) is 5.10 Å². The molecule has 1 aromatic carbocycles. The van der Waals surface area contributed by atoms with E-state index in [0.717, 1.165) is 11.1 Å². The molecular weight excluding hydrogens is 350 g/mol. The quantitative estimate of drug-likeness (QED) is 0.602. The zero-order chi connectivity index (χ0) is 18.1. The number of halogens is 1. The Labute approximate surface area is 154 Å². The number of hydrogen-bond acceptors (Lipinski definition) is 4. The molecule has 0 bridgehead atoms. The van der Waals surface area contributed by atoms with Crippen LogP contribution >= 0.6 is 11.6 Å². The van der Waals surface area contributed by atoms with E-state index in [1.807, 2.05) is 49.4 Å². The molecule has 0 unspecified atom stereocenters. The summed E-state index contributed by atoms with van der Waals surface area (Å²) in [6.45, 7) is 1.95. The molecule has 0 aliphatic carbocycles. The predicted molar refractivity (Wildman–Crippen MR) is 100 cm³/mol. The Balaban J connectivity index is 1.96. The van der Waals surface area contributed by atoms with Crippen LogP contribution in [0.2, 0.25) is 5.02 Å². The molecule has 0 radical (unpaired) electrons. The number of aromatic amines is 1. The smallest absolute Gasteiger partial charge is 0.266 e. The van der Waals surface area contributed by atoms with Crippen molar-refractivity contribution < 1.29 is 0 Å². The summed E-state index contributed by atoms with van der Waals surface area (Å²) in [7, 11) is 0. The lowest BCUT2D eigenvalue weighted by atomic mass is 10.2. The topological polar surface area (TPSA) is 76.5 Å². The Kier molecular flexibility index (Phi) is 4.10. The van der Waals surface area contributed by atoms with E-state index in [1.54, 1.807) is 23.1 Å². The van der Waals surface area contributed by atoms with Gasteiger partial charge < -0.3 is 4.98 Å². The molecule has 4 rings (SSSR count). The lowest BCUT2D eigenvalue weighted by Crippen LogP contribution is -2.08. The largest absolute Gasteiger partial charge is 0.327 e. The average Bonchev–Trinajstić information content (AvgIpc) is 3.10. The highest BCUT2D eigenvalue weighted by molar-refractivity contribution is 6.30. The minimum Gasteiger partial charge on any atom is -0.327 e. The molecule has 0 saturated heterocycles. The Morgan fingerprint density at radius 1 is 1.08 bits per heavy atom. The van der Waals surface area contributed by atoms with Crippen LogP contribution in [0.3, 0.4) is 0 Å². The number of rotatable bonds is 3. The SMILES string of the molecule is Cc1cccnc1-n1nc(-c2ccccc2)nc1-c1c[nH]c(=O)c(Cl)c1. The highest BCUT2D eigenvalue weighted by atomic mass is 35.5. The number of H-pyrrole nitrogens is 1. The van der Waals surface area contributed by atoms with Gasteiger partial charge in [-0.05, 0) is 24.6 Å². The molecule has 26 heavy (non-hydrogen) atoms. The molecule has 3 aromatic heterocycles. The van der Waals surface area contributed by atoms with E-state index >= 15 is 0 Å². The molecule has 0 spiro atoms. The summed E-state index contributed by atoms with van der Waals surface area (Å²) < 4.78 is 1.67. The summed E-state index contributed by atoms with van der Waals surface area (Å²) in [5, 5.41) is 4.74. The van der Waals surface area contributed by atoms with Crippen molar-refractivity contribution in [2.45, 2.75) is 6.92 Å². The van der Waals surface area contributed by atoms with Crippen LogP contribution in [0.15, 0.2) is 65.7 Å². The maximum absolute atomic E-state index is 11.6. The summed E-state index contributed by atoms with van der Waals surface area (Å²) in [5.41, 5.74) is 2.14. The molecule has 0 aliphatic heterocycles. The van der Waals surface area contributed by atoms with Crippen LogP contribution in [0, 0.1) is 6.92 Å². The third-order valence-electron chi connectivity index (χ3n) is 3.94. The van der Waals surface area contributed by atoms with Gasteiger partial charge in [-0.3, -0.25) is 4.79 Å². The molecule has 0 atom stereocenters. The minimum absolute atomic E-state index is 0.0936. The van der Waals surface area contributed by atoms with Crippen molar-refractivity contribution >= 4 is 11.6 Å². The first-order valence-electron chi connectivity index (χ1n) is 7.96. The van der Waals surface area contributed by atoms with Crippen LogP contribution in [0.1, 0.15) is 5.56 Å². The van der Waals surface area contributed by atoms with Crippen molar-refractivity contribution in [1.29, 1.82) is 0 Å². The first-order valence-corrected chi connectivity index (χ1v) is 8.34. The van der Waals surface area contributed by atoms with Crippen molar-refractivity contribution in [2.24, 2.45) is 0 Å². The van der Waals surface area contributed by atoms with Gasteiger partial charge in [-0.25, -0.2) is 9.97 Å². The number of aryl methyl sites for hydroxylation is 1. The molecule has 7 heteroatoms. The van der Waals surface area contributed by atoms with Gasteiger partial charge in [0.1, 0.15) is 5.02 Å². The molecule has 0 fully saturated rings. The fourth-order valence-corrected chi connectivity index (χ4v) is 2.81. The summed E-state index contributed by atoms with van der Waals surface area (Å²) in [5.74, 6) is 1.77. The van der Waals surface area contributed by atoms with Crippen molar-refractivity contribution in [2.75, 3.05) is 0 Å². The van der Waals surface area contributed by atoms with E-state index < -0.39 is 0 Å². The van der Waals surface area contributed by atoms with E-state index in [9.17, 15) is 4.79 Å². The zero-order valence-electron chi connectivity index (χ0n) is 13.8. The molecule has 0 amide bonds. The molecule has 128 valence electrons. The van der Waals surface area contributed by atoms with E-state index in [1.165, 1.54) is 0 Å². The van der Waals surface area contributed by atoms with Crippen molar-refractivity contribution in [1.82, 2.24) is 24.7 Å². The van der Waals surface area contributed by atoms with Crippen LogP contribution in [0.4, 0.5) is 0 Å². The van der Waals surface area contributed by atoms with Crippen LogP contribution in [0.5, 0.6) is 0 Å². The number of pyridine rings is 2. The Morgan fingerprint density at radius 3 is 2.62 bits per heavy atom. The molecule has 3 heterocycles. The number of nitrogens with zero attached hydrogens (tertiary/aromatic N) is 4. The van der Waals surface area contributed by atoms with Crippen molar-refractivity contribution in [3.63, 3.8) is 0 Å². The fourth-order valence-electron chi connectivity index (χ4n) is 2.64. The number of aromatic nitrogens is 5. The first-order chi connectivity index (χ1) is 12.6. The molecular formula is C19H14ClN5O. The van der Waals surface area contributed by atoms with E-state index in [2.05, 4.69) is 20.1 Å². The summed E-state index contributed by atoms with van der Waals surface area (Å²) in [6.07, 6.45) is 3.28. The molecule has 4 aromatic rings. The standard InChI is InChI=1S/C19H14ClN5O/c1-12-6-5-9-21-17(12)25-18(14-10-15(20)19(26)22-11-14)23-16(24-25)13-7-3-2-4-8-13/h2-11H,1H3,(H,22,26). The molecule has 6 nitrogen and oxygen atoms in total. The lowest BCUT2D eigenvalue weighted by molar-refractivity contribution is 0.846. The summed E-state index contributed by atoms with van der Waals surface area (Å²) in [6, 6.07) is 15.1. The van der Waals surface area contributed by atoms with Crippen LogP contribution < -0.4 is 5.56 Å². The average molecular weight is 364 g/mol. The van der Waals surface area contributed by atoms with Gasteiger partial charge in [0.15, 0.2) is 17.5 Å². The van der Waals surface area contributed by atoms with Crippen LogP contribution in [-0.4, -0.2) is 24.7 Å². The van der Waals surface area contributed by atoms with Gasteiger partial charge in [-0.1, -0.05) is 48.0 Å². The Morgan fingerprint density at radius 2 is 1.88 bits per heavy atom. The lowest BCUT2D eigenvalue weighted by Gasteiger charge is -2.07. The second kappa shape index (κ2) is 6.57. The van der Waals surface area contributed by atoms with Crippen molar-refractivity contribution in [3.8, 4) is 28.6 Å². The van der Waals surface area contributed by atoms with Crippen molar-refractivity contribution in [3.05, 3.63) is 81.9 Å². The highest BCUT2D eigenvalue weighted by Crippen LogP contribution is 2.26. The summed E-state index contributed by atoms with van der Waals surface area (Å²) >= 11 is 6.00. The van der Waals surface area contributed by atoms with Gasteiger partial charge in [0, 0.05) is 23.5 Å². The molecule has 0 aliphatic rings. The van der Waals surface area contributed by atoms with Gasteiger partial charge in [0.05, 0.1) is 0 Å². The second-order valence-corrected chi connectivity index (χ2v) is 6.15. The van der Waals surface area contributed by atoms with E-state index in [-0.39, 0.29) is 10.6 Å². The molecule has 1 N–H and O–H groups in total. The van der Waals surface area contributed by atoms with Crippen LogP contribution in [0.25, 0.3) is 28.6 Å². The number of benzene rings is 1. The first kappa shape index (κ1) is 16.2. The third-order valence-corrected chi connectivity index (χ3v) is 4.22. The minimum atomic E-state index is -0.348. The Bertz CT molecular complexity index is 1130. The van der Waals surface area contributed by atoms with Gasteiger partial charge >= 0.3 is 0 Å². The second-order valence-electron chi connectivity index (χ2n) is 5.75. The third kappa shape index (κ3) is 2.91. The summed E-state index contributed by atoms with van der Waals surface area (Å²) in [4.78, 5) is 23.3. The van der Waals surface area contributed by atoms with Crippen LogP contribution in [-0.2, 0) is 0 Å². The zero-order valence-corrected chi connectivity index (χ0v) is 14.6. The number of hydrogen-bond donors (Lipinski definition) is 1. The van der Waals surface area contributed by atoms with Gasteiger partial charge in [-0.2, -0.15) is 4.68 Å².